The first-order valence-electron chi connectivity index (χ1n) is 9.81. The summed E-state index contributed by atoms with van der Waals surface area (Å²) in [5.41, 5.74) is 0.508. The number of halogens is 1. The monoisotopic (exact) mass is 449 g/mol. The fourth-order valence-electron chi connectivity index (χ4n) is 3.95. The number of carbonyl (C=O) groups excluding carboxylic acids is 3. The summed E-state index contributed by atoms with van der Waals surface area (Å²) in [6.45, 7) is 7.60. The summed E-state index contributed by atoms with van der Waals surface area (Å²) in [5.74, 6) is -0.265. The molecule has 2 aliphatic heterocycles. The van der Waals surface area contributed by atoms with E-state index in [1.807, 2.05) is 49.9 Å². The number of anilines is 1. The minimum Gasteiger partial charge on any atom is -0.342 e. The molecule has 3 amide bonds. The lowest BCUT2D eigenvalue weighted by molar-refractivity contribution is -0.138. The topological polar surface area (TPSA) is 69.7 Å². The van der Waals surface area contributed by atoms with E-state index < -0.39 is 0 Å². The van der Waals surface area contributed by atoms with Crippen LogP contribution in [-0.2, 0) is 14.4 Å². The number of nitrogens with zero attached hydrogens (tertiary/aromatic N) is 2. The SMILES string of the molecule is CC(C)(C)N1CC(C(=O)N2CCC(C(=O)Nc3cccc(Br)c3)CC2)CC1=O. The molecule has 3 rings (SSSR count). The first-order valence-corrected chi connectivity index (χ1v) is 10.6. The molecule has 0 spiro atoms. The smallest absolute Gasteiger partial charge is 0.227 e. The molecule has 0 radical (unpaired) electrons. The number of amides is 3. The lowest BCUT2D eigenvalue weighted by Gasteiger charge is -2.34. The van der Waals surface area contributed by atoms with Gasteiger partial charge in [0.05, 0.1) is 5.92 Å². The van der Waals surface area contributed by atoms with Crippen LogP contribution in [0.15, 0.2) is 28.7 Å². The Hall–Kier alpha value is -1.89. The molecule has 1 atom stereocenters. The zero-order chi connectivity index (χ0) is 20.5. The third kappa shape index (κ3) is 4.74. The Bertz CT molecular complexity index is 766. The van der Waals surface area contributed by atoms with Crippen molar-refractivity contribution < 1.29 is 14.4 Å². The van der Waals surface area contributed by atoms with Crippen molar-refractivity contribution in [1.82, 2.24) is 9.80 Å². The maximum absolute atomic E-state index is 12.9. The molecule has 0 saturated carbocycles. The summed E-state index contributed by atoms with van der Waals surface area (Å²) in [6, 6.07) is 7.52. The fraction of sp³-hybridized carbons (Fsp3) is 0.571. The predicted molar refractivity (Wildman–Crippen MR) is 112 cm³/mol. The zero-order valence-electron chi connectivity index (χ0n) is 16.7. The van der Waals surface area contributed by atoms with Gasteiger partial charge >= 0.3 is 0 Å². The predicted octanol–water partition coefficient (Wildman–Crippen LogP) is 3.27. The lowest BCUT2D eigenvalue weighted by Crippen LogP contribution is -2.46. The van der Waals surface area contributed by atoms with Crippen molar-refractivity contribution >= 4 is 39.3 Å². The van der Waals surface area contributed by atoms with Crippen LogP contribution in [0.25, 0.3) is 0 Å². The Morgan fingerprint density at radius 2 is 1.82 bits per heavy atom. The highest BCUT2D eigenvalue weighted by Gasteiger charge is 2.41. The van der Waals surface area contributed by atoms with Crippen LogP contribution >= 0.6 is 15.9 Å². The van der Waals surface area contributed by atoms with Crippen molar-refractivity contribution in [1.29, 1.82) is 0 Å². The number of benzene rings is 1. The maximum Gasteiger partial charge on any atom is 0.227 e. The van der Waals surface area contributed by atoms with Gasteiger partial charge in [0.15, 0.2) is 0 Å². The minimum absolute atomic E-state index is 0.000140. The van der Waals surface area contributed by atoms with E-state index >= 15 is 0 Å². The second-order valence-electron chi connectivity index (χ2n) is 8.68. The summed E-state index contributed by atoms with van der Waals surface area (Å²) in [6.07, 6.45) is 1.59. The number of nitrogens with one attached hydrogen (secondary N) is 1. The Labute approximate surface area is 174 Å². The third-order valence-electron chi connectivity index (χ3n) is 5.55. The molecule has 1 unspecified atom stereocenters. The summed E-state index contributed by atoms with van der Waals surface area (Å²) < 4.78 is 0.918. The Morgan fingerprint density at radius 3 is 2.39 bits per heavy atom. The van der Waals surface area contributed by atoms with Crippen LogP contribution < -0.4 is 5.32 Å². The summed E-state index contributed by atoms with van der Waals surface area (Å²) in [7, 11) is 0. The Kier molecular flexibility index (Phi) is 6.12. The Balaban J connectivity index is 1.52. The number of likely N-dealkylation sites (tertiary alicyclic amines) is 2. The summed E-state index contributed by atoms with van der Waals surface area (Å²) >= 11 is 3.40. The molecule has 2 aliphatic rings. The van der Waals surface area contributed by atoms with Gasteiger partial charge in [-0.05, 0) is 51.8 Å². The fourth-order valence-corrected chi connectivity index (χ4v) is 4.35. The molecule has 2 saturated heterocycles. The molecule has 6 nitrogen and oxygen atoms in total. The van der Waals surface area contributed by atoms with Gasteiger partial charge < -0.3 is 15.1 Å². The number of carbonyl (C=O) groups is 3. The normalized spacial score (nSPS) is 21.1. The molecule has 0 aromatic heterocycles. The van der Waals surface area contributed by atoms with Gasteiger partial charge in [-0.15, -0.1) is 0 Å². The number of piperidine rings is 1. The molecule has 0 aliphatic carbocycles. The minimum atomic E-state index is -0.265. The van der Waals surface area contributed by atoms with Gasteiger partial charge in [-0.2, -0.15) is 0 Å². The number of hydrogen-bond acceptors (Lipinski definition) is 3. The van der Waals surface area contributed by atoms with Crippen molar-refractivity contribution in [3.8, 4) is 0 Å². The standard InChI is InChI=1S/C21H28BrN3O3/c1-21(2,3)25-13-15(11-18(25)26)20(28)24-9-7-14(8-10-24)19(27)23-17-6-4-5-16(22)12-17/h4-6,12,14-15H,7-11,13H2,1-3H3,(H,23,27). The second kappa shape index (κ2) is 8.23. The average Bonchev–Trinajstić information content (AvgIpc) is 3.03. The first-order chi connectivity index (χ1) is 13.1. The van der Waals surface area contributed by atoms with Gasteiger partial charge in [0.25, 0.3) is 0 Å². The second-order valence-corrected chi connectivity index (χ2v) is 9.59. The zero-order valence-corrected chi connectivity index (χ0v) is 18.3. The van der Waals surface area contributed by atoms with Crippen LogP contribution in [0.2, 0.25) is 0 Å². The van der Waals surface area contributed by atoms with E-state index in [-0.39, 0.29) is 35.1 Å². The molecule has 7 heteroatoms. The van der Waals surface area contributed by atoms with Gasteiger partial charge in [-0.1, -0.05) is 22.0 Å². The molecule has 0 bridgehead atoms. The molecular formula is C21H28BrN3O3. The lowest BCUT2D eigenvalue weighted by atomic mass is 9.94. The van der Waals surface area contributed by atoms with E-state index in [0.717, 1.165) is 10.2 Å². The van der Waals surface area contributed by atoms with Crippen LogP contribution in [0.4, 0.5) is 5.69 Å². The summed E-state index contributed by atoms with van der Waals surface area (Å²) in [4.78, 5) is 41.3. The van der Waals surface area contributed by atoms with Gasteiger partial charge in [0.2, 0.25) is 17.7 Å². The molecule has 1 N–H and O–H groups in total. The van der Waals surface area contributed by atoms with Crippen LogP contribution in [0.5, 0.6) is 0 Å². The van der Waals surface area contributed by atoms with E-state index in [9.17, 15) is 14.4 Å². The molecular weight excluding hydrogens is 422 g/mol. The van der Waals surface area contributed by atoms with Crippen molar-refractivity contribution in [2.75, 3.05) is 25.0 Å². The molecule has 1 aromatic rings. The first kappa shape index (κ1) is 20.8. The van der Waals surface area contributed by atoms with Crippen molar-refractivity contribution in [3.05, 3.63) is 28.7 Å². The Morgan fingerprint density at radius 1 is 1.14 bits per heavy atom. The van der Waals surface area contributed by atoms with Crippen LogP contribution in [0.3, 0.4) is 0 Å². The quantitative estimate of drug-likeness (QED) is 0.769. The van der Waals surface area contributed by atoms with E-state index in [2.05, 4.69) is 21.2 Å². The van der Waals surface area contributed by atoms with Crippen molar-refractivity contribution in [2.24, 2.45) is 11.8 Å². The molecule has 152 valence electrons. The highest BCUT2D eigenvalue weighted by molar-refractivity contribution is 9.10. The van der Waals surface area contributed by atoms with Crippen LogP contribution in [0, 0.1) is 11.8 Å². The van der Waals surface area contributed by atoms with E-state index in [1.54, 1.807) is 4.90 Å². The van der Waals surface area contributed by atoms with Crippen LogP contribution in [-0.4, -0.2) is 52.7 Å². The largest absolute Gasteiger partial charge is 0.342 e. The maximum atomic E-state index is 12.9. The highest BCUT2D eigenvalue weighted by Crippen LogP contribution is 2.29. The number of rotatable bonds is 3. The third-order valence-corrected chi connectivity index (χ3v) is 6.05. The molecule has 28 heavy (non-hydrogen) atoms. The van der Waals surface area contributed by atoms with E-state index in [0.29, 0.717) is 38.9 Å². The molecule has 2 heterocycles. The average molecular weight is 450 g/mol. The molecule has 2 fully saturated rings. The van der Waals surface area contributed by atoms with Crippen molar-refractivity contribution in [3.63, 3.8) is 0 Å². The summed E-state index contributed by atoms with van der Waals surface area (Å²) in [5, 5.41) is 2.96. The van der Waals surface area contributed by atoms with Gasteiger partial charge in [0, 0.05) is 47.7 Å². The van der Waals surface area contributed by atoms with Gasteiger partial charge in [-0.3, -0.25) is 14.4 Å². The van der Waals surface area contributed by atoms with Gasteiger partial charge in [0.1, 0.15) is 0 Å². The van der Waals surface area contributed by atoms with E-state index in [4.69, 9.17) is 0 Å². The van der Waals surface area contributed by atoms with Crippen molar-refractivity contribution in [2.45, 2.75) is 45.6 Å². The highest BCUT2D eigenvalue weighted by atomic mass is 79.9. The van der Waals surface area contributed by atoms with Crippen LogP contribution in [0.1, 0.15) is 40.0 Å². The van der Waals surface area contributed by atoms with E-state index in [1.165, 1.54) is 0 Å². The van der Waals surface area contributed by atoms with Gasteiger partial charge in [-0.25, -0.2) is 0 Å². The molecule has 1 aromatic carbocycles. The number of hydrogen-bond donors (Lipinski definition) is 1.